The fourth-order valence-corrected chi connectivity index (χ4v) is 7.32. The second-order valence-corrected chi connectivity index (χ2v) is 12.9. The number of nitrogens with zero attached hydrogens (tertiary/aromatic N) is 2. The molecule has 2 aromatic carbocycles. The Morgan fingerprint density at radius 3 is 2.25 bits per heavy atom. The molecule has 5 rings (SSSR count). The van der Waals surface area contributed by atoms with E-state index in [-0.39, 0.29) is 10.8 Å². The molecule has 0 fully saturated rings. The number of rotatable bonds is 7. The zero-order chi connectivity index (χ0) is 28.7. The van der Waals surface area contributed by atoms with Crippen molar-refractivity contribution in [3.63, 3.8) is 0 Å². The third-order valence-electron chi connectivity index (χ3n) is 9.50. The number of fused-ring (bicyclic) bond motifs is 2. The summed E-state index contributed by atoms with van der Waals surface area (Å²) in [5, 5.41) is 0.884. The molecule has 2 heterocycles. The number of likely N-dealkylation sites (N-methyl/N-ethyl adjacent to an activating group) is 2. The number of allylic oxidation sites excluding steroid dienone is 7. The smallest absolute Gasteiger partial charge is 0.169 e. The van der Waals surface area contributed by atoms with Crippen molar-refractivity contribution < 1.29 is 4.74 Å². The van der Waals surface area contributed by atoms with Gasteiger partial charge in [0.1, 0.15) is 0 Å². The van der Waals surface area contributed by atoms with Crippen LogP contribution in [0.5, 0.6) is 0 Å². The zero-order valence-corrected chi connectivity index (χ0v) is 26.1. The van der Waals surface area contributed by atoms with Crippen molar-refractivity contribution in [3.8, 4) is 0 Å². The van der Waals surface area contributed by atoms with E-state index in [0.29, 0.717) is 0 Å². The summed E-state index contributed by atoms with van der Waals surface area (Å²) < 4.78 is 6.82. The van der Waals surface area contributed by atoms with Gasteiger partial charge in [-0.05, 0) is 72.2 Å². The molecule has 0 saturated carbocycles. The lowest BCUT2D eigenvalue weighted by Crippen LogP contribution is -2.55. The average molecular weight is 557 g/mol. The van der Waals surface area contributed by atoms with Crippen LogP contribution in [0.3, 0.4) is 0 Å². The molecule has 0 amide bonds. The van der Waals surface area contributed by atoms with Crippen LogP contribution in [0.15, 0.2) is 94.7 Å². The first-order chi connectivity index (χ1) is 19.1. The molecule has 0 N–H and O–H groups in total. The van der Waals surface area contributed by atoms with Gasteiger partial charge in [0.25, 0.3) is 0 Å². The Kier molecular flexibility index (Phi) is 7.85. The van der Waals surface area contributed by atoms with Crippen LogP contribution in [0.1, 0.15) is 77.8 Å². The van der Waals surface area contributed by atoms with Gasteiger partial charge in [0, 0.05) is 53.6 Å². The summed E-state index contributed by atoms with van der Waals surface area (Å²) in [5.41, 5.74) is 8.05. The molecule has 4 heteroatoms. The number of hydrogen-bond acceptors (Lipinski definition) is 3. The van der Waals surface area contributed by atoms with Gasteiger partial charge < -0.3 is 14.5 Å². The molecule has 0 aromatic heterocycles. The van der Waals surface area contributed by atoms with Crippen molar-refractivity contribution in [2.45, 2.75) is 83.3 Å². The molecular formula is C36H45ClN2O. The average Bonchev–Trinajstić information content (AvgIpc) is 3.24. The van der Waals surface area contributed by atoms with Gasteiger partial charge in [0.05, 0.1) is 0 Å². The van der Waals surface area contributed by atoms with Crippen LogP contribution < -0.4 is 9.80 Å². The van der Waals surface area contributed by atoms with Crippen molar-refractivity contribution in [3.05, 3.63) is 106 Å². The predicted molar refractivity (Wildman–Crippen MR) is 171 cm³/mol. The number of ether oxygens (including phenoxy) is 1. The van der Waals surface area contributed by atoms with Crippen molar-refractivity contribution >= 4 is 23.0 Å². The van der Waals surface area contributed by atoms with E-state index < -0.39 is 5.72 Å². The summed E-state index contributed by atoms with van der Waals surface area (Å²) in [7, 11) is 4.33. The molecule has 212 valence electrons. The molecule has 1 atom stereocenters. The Balaban J connectivity index is 1.49. The molecule has 1 aliphatic carbocycles. The van der Waals surface area contributed by atoms with Gasteiger partial charge in [-0.15, -0.1) is 0 Å². The molecular weight excluding hydrogens is 512 g/mol. The maximum atomic E-state index is 7.15. The summed E-state index contributed by atoms with van der Waals surface area (Å²) in [6.07, 6.45) is 14.3. The highest BCUT2D eigenvalue weighted by molar-refractivity contribution is 6.32. The Hall–Kier alpha value is -2.75. The third-order valence-corrected chi connectivity index (χ3v) is 9.99. The van der Waals surface area contributed by atoms with Crippen LogP contribution in [0.2, 0.25) is 0 Å². The second kappa shape index (κ2) is 10.9. The van der Waals surface area contributed by atoms with E-state index >= 15 is 0 Å². The quantitative estimate of drug-likeness (QED) is 0.316. The summed E-state index contributed by atoms with van der Waals surface area (Å²) in [5.74, 6) is 0. The highest BCUT2D eigenvalue weighted by atomic mass is 35.5. The first-order valence-electron chi connectivity index (χ1n) is 14.9. The second-order valence-electron chi connectivity index (χ2n) is 12.6. The largest absolute Gasteiger partial charge is 0.351 e. The number of para-hydroxylation sites is 2. The van der Waals surface area contributed by atoms with Crippen molar-refractivity contribution in [2.24, 2.45) is 0 Å². The molecule has 3 nitrogen and oxygen atoms in total. The van der Waals surface area contributed by atoms with E-state index in [1.807, 2.05) is 0 Å². The van der Waals surface area contributed by atoms with E-state index in [9.17, 15) is 0 Å². The summed E-state index contributed by atoms with van der Waals surface area (Å²) in [6.45, 7) is 12.2. The van der Waals surface area contributed by atoms with E-state index in [0.717, 1.165) is 43.7 Å². The molecule has 3 aliphatic rings. The van der Waals surface area contributed by atoms with Crippen LogP contribution >= 0.6 is 11.6 Å². The van der Waals surface area contributed by atoms with Crippen LogP contribution in [0, 0.1) is 0 Å². The highest BCUT2D eigenvalue weighted by Gasteiger charge is 2.55. The first-order valence-corrected chi connectivity index (χ1v) is 15.2. The molecule has 1 unspecified atom stereocenters. The monoisotopic (exact) mass is 556 g/mol. The molecule has 0 bridgehead atoms. The number of anilines is 2. The van der Waals surface area contributed by atoms with Gasteiger partial charge in [-0.25, -0.2) is 0 Å². The van der Waals surface area contributed by atoms with E-state index in [1.165, 1.54) is 39.3 Å². The van der Waals surface area contributed by atoms with Gasteiger partial charge in [0.2, 0.25) is 0 Å². The van der Waals surface area contributed by atoms with Crippen molar-refractivity contribution in [1.29, 1.82) is 0 Å². The first kappa shape index (κ1) is 28.8. The molecule has 0 radical (unpaired) electrons. The molecule has 2 aromatic rings. The maximum Gasteiger partial charge on any atom is 0.169 e. The van der Waals surface area contributed by atoms with Gasteiger partial charge >= 0.3 is 0 Å². The molecule has 2 aliphatic heterocycles. The van der Waals surface area contributed by atoms with Crippen LogP contribution in [-0.4, -0.2) is 26.4 Å². The zero-order valence-electron chi connectivity index (χ0n) is 25.4. The fraction of sp³-hybridized carbons (Fsp3) is 0.444. The summed E-state index contributed by atoms with van der Waals surface area (Å²) in [6, 6.07) is 17.4. The lowest BCUT2D eigenvalue weighted by molar-refractivity contribution is -0.0477. The Labute approximate surface area is 246 Å². The van der Waals surface area contributed by atoms with Crippen LogP contribution in [0.25, 0.3) is 0 Å². The number of unbranched alkanes of at least 4 members (excludes halogenated alkanes) is 1. The summed E-state index contributed by atoms with van der Waals surface area (Å²) >= 11 is 7.15. The standard InChI is InChI=1S/C36H45ClN2O/c1-8-9-25-40-36(35(4,5)29-18-11-13-20-31(29)39(36)7)24-23-27-16-14-15-26(33(27)37)21-22-32-34(2,3)28-17-10-12-19-30(28)38(32)6/h10-13,17-24H,8-9,14-16,25H2,1-7H3. The van der Waals surface area contributed by atoms with E-state index in [2.05, 4.69) is 131 Å². The van der Waals surface area contributed by atoms with Crippen LogP contribution in [-0.2, 0) is 15.6 Å². The van der Waals surface area contributed by atoms with Gasteiger partial charge in [-0.1, -0.05) is 101 Å². The van der Waals surface area contributed by atoms with Crippen molar-refractivity contribution in [1.82, 2.24) is 0 Å². The van der Waals surface area contributed by atoms with Crippen molar-refractivity contribution in [2.75, 3.05) is 30.5 Å². The third kappa shape index (κ3) is 4.56. The van der Waals surface area contributed by atoms with Crippen LogP contribution in [0.4, 0.5) is 11.4 Å². The fourth-order valence-electron chi connectivity index (χ4n) is 7.01. The Morgan fingerprint density at radius 1 is 0.900 bits per heavy atom. The minimum atomic E-state index is -0.582. The Morgan fingerprint density at radius 2 is 1.57 bits per heavy atom. The van der Waals surface area contributed by atoms with Gasteiger partial charge in [0.15, 0.2) is 5.72 Å². The normalized spacial score (nSPS) is 25.4. The number of halogens is 1. The molecule has 40 heavy (non-hydrogen) atoms. The maximum absolute atomic E-state index is 7.15. The SMILES string of the molecule is CCCCOC1(C=CC2=C(Cl)C(=CC=C3N(C)c4ccccc4C3(C)C)CCC2)N(C)c2ccccc2C1(C)C. The molecule has 0 spiro atoms. The minimum absolute atomic E-state index is 0.0498. The van der Waals surface area contributed by atoms with E-state index in [1.54, 1.807) is 0 Å². The Bertz CT molecular complexity index is 1400. The van der Waals surface area contributed by atoms with E-state index in [4.69, 9.17) is 16.3 Å². The van der Waals surface area contributed by atoms with Gasteiger partial charge in [-0.2, -0.15) is 0 Å². The number of benzene rings is 2. The highest BCUT2D eigenvalue weighted by Crippen LogP contribution is 2.53. The predicted octanol–water partition coefficient (Wildman–Crippen LogP) is 9.40. The topological polar surface area (TPSA) is 15.7 Å². The number of hydrogen-bond donors (Lipinski definition) is 0. The lowest BCUT2D eigenvalue weighted by Gasteiger charge is -2.44. The van der Waals surface area contributed by atoms with Gasteiger partial charge in [-0.3, -0.25) is 0 Å². The summed E-state index contributed by atoms with van der Waals surface area (Å²) in [4.78, 5) is 4.64. The minimum Gasteiger partial charge on any atom is -0.351 e. The lowest BCUT2D eigenvalue weighted by atomic mass is 9.77. The molecule has 0 saturated heterocycles.